The van der Waals surface area contributed by atoms with Gasteiger partial charge < -0.3 is 9.32 Å². The number of aromatic nitrogens is 3. The molecule has 2 aromatic carbocycles. The first-order valence-electron chi connectivity index (χ1n) is 10.8. The molecule has 32 heavy (non-hydrogen) atoms. The minimum atomic E-state index is 0.0332. The second-order valence-electron chi connectivity index (χ2n) is 7.89. The van der Waals surface area contributed by atoms with Gasteiger partial charge in [0, 0.05) is 18.2 Å². The van der Waals surface area contributed by atoms with Crippen molar-refractivity contribution in [2.24, 2.45) is 0 Å². The van der Waals surface area contributed by atoms with Crippen LogP contribution in [0.5, 0.6) is 0 Å². The molecule has 0 aliphatic heterocycles. The van der Waals surface area contributed by atoms with Gasteiger partial charge in [-0.2, -0.15) is 0 Å². The van der Waals surface area contributed by atoms with Gasteiger partial charge in [-0.1, -0.05) is 60.3 Å². The van der Waals surface area contributed by atoms with E-state index in [-0.39, 0.29) is 11.7 Å². The summed E-state index contributed by atoms with van der Waals surface area (Å²) in [6, 6.07) is 23.9. The van der Waals surface area contributed by atoms with Gasteiger partial charge >= 0.3 is 0 Å². The zero-order valence-corrected chi connectivity index (χ0v) is 18.4. The van der Waals surface area contributed by atoms with E-state index in [9.17, 15) is 4.79 Å². The van der Waals surface area contributed by atoms with Crippen LogP contribution in [0.3, 0.4) is 0 Å². The molecular formula is C25H24N4O2S. The Hall–Kier alpha value is -3.32. The molecule has 1 saturated carbocycles. The molecule has 162 valence electrons. The summed E-state index contributed by atoms with van der Waals surface area (Å²) in [6.45, 7) is 0.958. The standard InChI is InChI=1S/C25H24N4O2S/c30-23(28(17-22-12-7-15-31-22)16-19-8-3-1-4-9-19)18-32-25-27-26-24(20-13-14-20)29(25)21-10-5-2-6-11-21/h1-12,15,20H,13-14,16-18H2. The van der Waals surface area contributed by atoms with Gasteiger partial charge in [-0.15, -0.1) is 10.2 Å². The molecule has 1 amide bonds. The van der Waals surface area contributed by atoms with Crippen LogP contribution >= 0.6 is 11.8 Å². The Balaban J connectivity index is 1.34. The quantitative estimate of drug-likeness (QED) is 0.338. The summed E-state index contributed by atoms with van der Waals surface area (Å²) in [4.78, 5) is 15.1. The van der Waals surface area contributed by atoms with Crippen LogP contribution in [0.15, 0.2) is 88.6 Å². The molecule has 1 aliphatic rings. The number of amides is 1. The lowest BCUT2D eigenvalue weighted by atomic mass is 10.2. The Morgan fingerprint density at radius 3 is 2.41 bits per heavy atom. The predicted octanol–water partition coefficient (Wildman–Crippen LogP) is 5.06. The minimum absolute atomic E-state index is 0.0332. The molecule has 0 bridgehead atoms. The third-order valence-electron chi connectivity index (χ3n) is 5.44. The fourth-order valence-electron chi connectivity index (χ4n) is 3.64. The summed E-state index contributed by atoms with van der Waals surface area (Å²) >= 11 is 1.44. The average Bonchev–Trinajstić information content (AvgIpc) is 3.38. The SMILES string of the molecule is O=C(CSc1nnc(C2CC2)n1-c1ccccc1)N(Cc1ccccc1)Cc1ccco1. The fraction of sp³-hybridized carbons (Fsp3) is 0.240. The smallest absolute Gasteiger partial charge is 0.233 e. The van der Waals surface area contributed by atoms with E-state index in [4.69, 9.17) is 4.42 Å². The number of hydrogen-bond donors (Lipinski definition) is 0. The van der Waals surface area contributed by atoms with E-state index in [2.05, 4.69) is 26.9 Å². The number of carbonyl (C=O) groups is 1. The molecule has 0 N–H and O–H groups in total. The number of carbonyl (C=O) groups excluding carboxylic acids is 1. The second-order valence-corrected chi connectivity index (χ2v) is 8.83. The maximum Gasteiger partial charge on any atom is 0.233 e. The summed E-state index contributed by atoms with van der Waals surface area (Å²) in [5.74, 6) is 2.53. The van der Waals surface area contributed by atoms with E-state index < -0.39 is 0 Å². The molecular weight excluding hydrogens is 420 g/mol. The number of hydrogen-bond acceptors (Lipinski definition) is 5. The van der Waals surface area contributed by atoms with Crippen molar-refractivity contribution in [2.75, 3.05) is 5.75 Å². The van der Waals surface area contributed by atoms with Crippen molar-refractivity contribution in [2.45, 2.75) is 37.0 Å². The van der Waals surface area contributed by atoms with Crippen LogP contribution in [0.2, 0.25) is 0 Å². The molecule has 1 fully saturated rings. The number of nitrogens with zero attached hydrogens (tertiary/aromatic N) is 4. The molecule has 0 unspecified atom stereocenters. The Morgan fingerprint density at radius 2 is 1.72 bits per heavy atom. The number of furan rings is 1. The molecule has 0 radical (unpaired) electrons. The highest BCUT2D eigenvalue weighted by atomic mass is 32.2. The Kier molecular flexibility index (Phi) is 6.07. The summed E-state index contributed by atoms with van der Waals surface area (Å²) in [5.41, 5.74) is 2.12. The van der Waals surface area contributed by atoms with E-state index in [0.29, 0.717) is 19.0 Å². The first-order valence-corrected chi connectivity index (χ1v) is 11.7. The fourth-order valence-corrected chi connectivity index (χ4v) is 4.51. The van der Waals surface area contributed by atoms with Crippen LogP contribution in [0.25, 0.3) is 5.69 Å². The third kappa shape index (κ3) is 4.78. The topological polar surface area (TPSA) is 64.2 Å². The van der Waals surface area contributed by atoms with E-state index in [1.807, 2.05) is 65.6 Å². The lowest BCUT2D eigenvalue weighted by molar-refractivity contribution is -0.129. The number of thioether (sulfide) groups is 1. The van der Waals surface area contributed by atoms with Crippen LogP contribution < -0.4 is 0 Å². The van der Waals surface area contributed by atoms with Crippen LogP contribution in [0, 0.1) is 0 Å². The molecule has 1 aliphatic carbocycles. The Labute approximate surface area is 191 Å². The molecule has 0 saturated heterocycles. The van der Waals surface area contributed by atoms with E-state index >= 15 is 0 Å². The lowest BCUT2D eigenvalue weighted by Gasteiger charge is -2.22. The molecule has 0 spiro atoms. The highest BCUT2D eigenvalue weighted by molar-refractivity contribution is 7.99. The minimum Gasteiger partial charge on any atom is -0.467 e. The van der Waals surface area contributed by atoms with Gasteiger partial charge in [0.15, 0.2) is 5.16 Å². The molecule has 6 nitrogen and oxygen atoms in total. The van der Waals surface area contributed by atoms with Crippen LogP contribution in [-0.2, 0) is 17.9 Å². The number of rotatable bonds is 9. The Bertz CT molecular complexity index is 1160. The van der Waals surface area contributed by atoms with Crippen molar-refractivity contribution in [1.29, 1.82) is 0 Å². The third-order valence-corrected chi connectivity index (χ3v) is 6.35. The molecule has 5 rings (SSSR count). The van der Waals surface area contributed by atoms with Gasteiger partial charge in [-0.3, -0.25) is 9.36 Å². The predicted molar refractivity (Wildman–Crippen MR) is 123 cm³/mol. The van der Waals surface area contributed by atoms with Gasteiger partial charge in [0.2, 0.25) is 5.91 Å². The van der Waals surface area contributed by atoms with Crippen LogP contribution in [-0.4, -0.2) is 31.3 Å². The van der Waals surface area contributed by atoms with Crippen molar-refractivity contribution in [3.8, 4) is 5.69 Å². The number of benzene rings is 2. The van der Waals surface area contributed by atoms with Gasteiger partial charge in [0.25, 0.3) is 0 Å². The molecule has 7 heteroatoms. The van der Waals surface area contributed by atoms with Crippen molar-refractivity contribution in [3.05, 3.63) is 96.2 Å². The first kappa shape index (κ1) is 20.6. The van der Waals surface area contributed by atoms with Gasteiger partial charge in [-0.25, -0.2) is 0 Å². The largest absolute Gasteiger partial charge is 0.467 e. The van der Waals surface area contributed by atoms with Crippen molar-refractivity contribution in [3.63, 3.8) is 0 Å². The maximum absolute atomic E-state index is 13.3. The molecule has 0 atom stereocenters. The lowest BCUT2D eigenvalue weighted by Crippen LogP contribution is -2.31. The highest BCUT2D eigenvalue weighted by Gasteiger charge is 2.31. The average molecular weight is 445 g/mol. The van der Waals surface area contributed by atoms with E-state index in [1.54, 1.807) is 6.26 Å². The Morgan fingerprint density at radius 1 is 0.969 bits per heavy atom. The normalized spacial score (nSPS) is 13.2. The zero-order valence-electron chi connectivity index (χ0n) is 17.6. The highest BCUT2D eigenvalue weighted by Crippen LogP contribution is 2.41. The summed E-state index contributed by atoms with van der Waals surface area (Å²) in [6.07, 6.45) is 3.92. The monoisotopic (exact) mass is 444 g/mol. The van der Waals surface area contributed by atoms with Gasteiger partial charge in [0.05, 0.1) is 18.6 Å². The first-order chi connectivity index (χ1) is 15.8. The summed E-state index contributed by atoms with van der Waals surface area (Å²) < 4.78 is 7.60. The molecule has 4 aromatic rings. The molecule has 2 aromatic heterocycles. The second kappa shape index (κ2) is 9.44. The van der Waals surface area contributed by atoms with Crippen molar-refractivity contribution in [1.82, 2.24) is 19.7 Å². The van der Waals surface area contributed by atoms with Crippen molar-refractivity contribution >= 4 is 17.7 Å². The number of para-hydroxylation sites is 1. The summed E-state index contributed by atoms with van der Waals surface area (Å²) in [5, 5.41) is 9.64. The zero-order chi connectivity index (χ0) is 21.8. The van der Waals surface area contributed by atoms with Crippen LogP contribution in [0.4, 0.5) is 0 Å². The maximum atomic E-state index is 13.3. The molecule has 2 heterocycles. The van der Waals surface area contributed by atoms with E-state index in [0.717, 1.165) is 40.8 Å². The van der Waals surface area contributed by atoms with Crippen molar-refractivity contribution < 1.29 is 9.21 Å². The van der Waals surface area contributed by atoms with Crippen LogP contribution in [0.1, 0.15) is 35.9 Å². The van der Waals surface area contributed by atoms with Gasteiger partial charge in [0.1, 0.15) is 11.6 Å². The summed E-state index contributed by atoms with van der Waals surface area (Å²) in [7, 11) is 0. The van der Waals surface area contributed by atoms with Gasteiger partial charge in [-0.05, 0) is 42.7 Å². The van der Waals surface area contributed by atoms with E-state index in [1.165, 1.54) is 11.8 Å².